The van der Waals surface area contributed by atoms with Gasteiger partial charge in [0.25, 0.3) is 5.91 Å². The molecule has 5 nitrogen and oxygen atoms in total. The SMILES string of the molecule is Cc1csc(C(=O)N2CC(c3nc(-c4ccccc4)no3)C2)c1. The van der Waals surface area contributed by atoms with Crippen molar-refractivity contribution in [2.45, 2.75) is 12.8 Å². The topological polar surface area (TPSA) is 59.2 Å². The van der Waals surface area contributed by atoms with Crippen molar-refractivity contribution in [3.63, 3.8) is 0 Å². The fourth-order valence-electron chi connectivity index (χ4n) is 2.61. The monoisotopic (exact) mass is 325 g/mol. The van der Waals surface area contributed by atoms with Crippen molar-refractivity contribution in [1.82, 2.24) is 15.0 Å². The highest BCUT2D eigenvalue weighted by Crippen LogP contribution is 2.29. The molecule has 0 unspecified atom stereocenters. The van der Waals surface area contributed by atoms with Crippen molar-refractivity contribution in [3.8, 4) is 11.4 Å². The Hall–Kier alpha value is -2.47. The smallest absolute Gasteiger partial charge is 0.263 e. The van der Waals surface area contributed by atoms with Crippen LogP contribution in [0.4, 0.5) is 0 Å². The van der Waals surface area contributed by atoms with Crippen LogP contribution in [0.1, 0.15) is 27.0 Å². The summed E-state index contributed by atoms with van der Waals surface area (Å²) in [6, 6.07) is 11.7. The fourth-order valence-corrected chi connectivity index (χ4v) is 3.47. The largest absolute Gasteiger partial charge is 0.339 e. The van der Waals surface area contributed by atoms with E-state index in [1.807, 2.05) is 53.6 Å². The van der Waals surface area contributed by atoms with Gasteiger partial charge in [0.1, 0.15) is 0 Å². The summed E-state index contributed by atoms with van der Waals surface area (Å²) in [4.78, 5) is 19.4. The molecule has 3 aromatic rings. The number of hydrogen-bond acceptors (Lipinski definition) is 5. The molecule has 0 bridgehead atoms. The maximum Gasteiger partial charge on any atom is 0.263 e. The normalized spacial score (nSPS) is 14.7. The van der Waals surface area contributed by atoms with Crippen molar-refractivity contribution >= 4 is 17.2 Å². The first kappa shape index (κ1) is 14.1. The number of nitrogens with zero attached hydrogens (tertiary/aromatic N) is 3. The van der Waals surface area contributed by atoms with Crippen LogP contribution < -0.4 is 0 Å². The van der Waals surface area contributed by atoms with Crippen LogP contribution >= 0.6 is 11.3 Å². The van der Waals surface area contributed by atoms with E-state index in [2.05, 4.69) is 10.1 Å². The molecule has 4 rings (SSSR count). The molecular weight excluding hydrogens is 310 g/mol. The van der Waals surface area contributed by atoms with Crippen LogP contribution in [0.5, 0.6) is 0 Å². The lowest BCUT2D eigenvalue weighted by Gasteiger charge is -2.36. The Morgan fingerprint density at radius 3 is 2.78 bits per heavy atom. The van der Waals surface area contributed by atoms with Crippen LogP contribution in [-0.2, 0) is 0 Å². The maximum atomic E-state index is 12.3. The molecular formula is C17H15N3O2S. The molecule has 1 aromatic carbocycles. The first-order valence-corrected chi connectivity index (χ1v) is 8.32. The Morgan fingerprint density at radius 1 is 1.30 bits per heavy atom. The molecule has 0 radical (unpaired) electrons. The van der Waals surface area contributed by atoms with E-state index in [1.165, 1.54) is 11.3 Å². The molecule has 116 valence electrons. The van der Waals surface area contributed by atoms with E-state index in [-0.39, 0.29) is 11.8 Å². The predicted octanol–water partition coefficient (Wildman–Crippen LogP) is 3.35. The van der Waals surface area contributed by atoms with Crippen LogP contribution in [0.15, 0.2) is 46.3 Å². The van der Waals surface area contributed by atoms with Crippen molar-refractivity contribution in [3.05, 3.63) is 58.1 Å². The van der Waals surface area contributed by atoms with E-state index in [0.29, 0.717) is 24.8 Å². The Bertz CT molecular complexity index is 834. The molecule has 1 amide bonds. The van der Waals surface area contributed by atoms with Gasteiger partial charge in [0, 0.05) is 18.7 Å². The zero-order chi connectivity index (χ0) is 15.8. The van der Waals surface area contributed by atoms with Crippen LogP contribution in [0.3, 0.4) is 0 Å². The highest BCUT2D eigenvalue weighted by atomic mass is 32.1. The Morgan fingerprint density at radius 2 is 2.09 bits per heavy atom. The van der Waals surface area contributed by atoms with Gasteiger partial charge in [-0.3, -0.25) is 4.79 Å². The first-order valence-electron chi connectivity index (χ1n) is 7.44. The number of rotatable bonds is 3. The molecule has 0 N–H and O–H groups in total. The molecule has 0 atom stereocenters. The lowest BCUT2D eigenvalue weighted by atomic mass is 10.00. The van der Waals surface area contributed by atoms with E-state index in [9.17, 15) is 4.79 Å². The lowest BCUT2D eigenvalue weighted by Crippen LogP contribution is -2.48. The third-order valence-corrected chi connectivity index (χ3v) is 4.97. The first-order chi connectivity index (χ1) is 11.2. The molecule has 2 aromatic heterocycles. The van der Waals surface area contributed by atoms with Gasteiger partial charge in [-0.1, -0.05) is 35.5 Å². The summed E-state index contributed by atoms with van der Waals surface area (Å²) in [6.07, 6.45) is 0. The van der Waals surface area contributed by atoms with Gasteiger partial charge in [-0.2, -0.15) is 4.98 Å². The number of likely N-dealkylation sites (tertiary alicyclic amines) is 1. The second-order valence-electron chi connectivity index (χ2n) is 5.72. The second kappa shape index (κ2) is 5.62. The molecule has 1 aliphatic heterocycles. The van der Waals surface area contributed by atoms with Gasteiger partial charge in [0.05, 0.1) is 10.8 Å². The summed E-state index contributed by atoms with van der Waals surface area (Å²) in [5.41, 5.74) is 2.06. The van der Waals surface area contributed by atoms with Gasteiger partial charge in [0.2, 0.25) is 11.7 Å². The van der Waals surface area contributed by atoms with Crippen LogP contribution in [-0.4, -0.2) is 34.0 Å². The molecule has 1 saturated heterocycles. The predicted molar refractivity (Wildman–Crippen MR) is 87.4 cm³/mol. The quantitative estimate of drug-likeness (QED) is 0.741. The zero-order valence-corrected chi connectivity index (χ0v) is 13.4. The van der Waals surface area contributed by atoms with Gasteiger partial charge in [-0.15, -0.1) is 11.3 Å². The maximum absolute atomic E-state index is 12.3. The van der Waals surface area contributed by atoms with Gasteiger partial charge in [-0.25, -0.2) is 0 Å². The van der Waals surface area contributed by atoms with E-state index < -0.39 is 0 Å². The minimum absolute atomic E-state index is 0.0853. The van der Waals surface area contributed by atoms with E-state index >= 15 is 0 Å². The van der Waals surface area contributed by atoms with Crippen LogP contribution in [0.2, 0.25) is 0 Å². The standard InChI is InChI=1S/C17H15N3O2S/c1-11-7-14(23-10-11)17(21)20-8-13(9-20)16-18-15(19-22-16)12-5-3-2-4-6-12/h2-7,10,13H,8-9H2,1H3. The second-order valence-corrected chi connectivity index (χ2v) is 6.63. The highest BCUT2D eigenvalue weighted by Gasteiger charge is 2.36. The summed E-state index contributed by atoms with van der Waals surface area (Å²) >= 11 is 1.49. The number of hydrogen-bond donors (Lipinski definition) is 0. The summed E-state index contributed by atoms with van der Waals surface area (Å²) < 4.78 is 5.36. The minimum Gasteiger partial charge on any atom is -0.339 e. The molecule has 3 heterocycles. The summed E-state index contributed by atoms with van der Waals surface area (Å²) in [6.45, 7) is 3.26. The average molecular weight is 325 g/mol. The lowest BCUT2D eigenvalue weighted by molar-refractivity contribution is 0.0574. The molecule has 0 spiro atoms. The summed E-state index contributed by atoms with van der Waals surface area (Å²) in [5.74, 6) is 1.42. The summed E-state index contributed by atoms with van der Waals surface area (Å²) in [7, 11) is 0. The summed E-state index contributed by atoms with van der Waals surface area (Å²) in [5, 5.41) is 6.03. The molecule has 6 heteroatoms. The Kier molecular flexibility index (Phi) is 3.46. The Balaban J connectivity index is 1.42. The number of amides is 1. The van der Waals surface area contributed by atoms with Gasteiger partial charge >= 0.3 is 0 Å². The van der Waals surface area contributed by atoms with Crippen molar-refractivity contribution < 1.29 is 9.32 Å². The minimum atomic E-state index is 0.0853. The Labute approximate surface area is 137 Å². The molecule has 1 aliphatic rings. The zero-order valence-electron chi connectivity index (χ0n) is 12.6. The number of benzene rings is 1. The van der Waals surface area contributed by atoms with Crippen molar-refractivity contribution in [2.75, 3.05) is 13.1 Å². The van der Waals surface area contributed by atoms with Gasteiger partial charge in [0.15, 0.2) is 0 Å². The number of carbonyl (C=O) groups is 1. The molecule has 0 saturated carbocycles. The number of carbonyl (C=O) groups excluding carboxylic acids is 1. The third-order valence-electron chi connectivity index (χ3n) is 3.93. The molecule has 1 fully saturated rings. The van der Waals surface area contributed by atoms with Crippen LogP contribution in [0.25, 0.3) is 11.4 Å². The number of thiophene rings is 1. The number of aryl methyl sites for hydroxylation is 1. The van der Waals surface area contributed by atoms with Crippen molar-refractivity contribution in [1.29, 1.82) is 0 Å². The van der Waals surface area contributed by atoms with Gasteiger partial charge < -0.3 is 9.42 Å². The highest BCUT2D eigenvalue weighted by molar-refractivity contribution is 7.12. The van der Waals surface area contributed by atoms with E-state index in [4.69, 9.17) is 4.52 Å². The van der Waals surface area contributed by atoms with Crippen molar-refractivity contribution in [2.24, 2.45) is 0 Å². The molecule has 23 heavy (non-hydrogen) atoms. The van der Waals surface area contributed by atoms with E-state index in [1.54, 1.807) is 0 Å². The molecule has 0 aliphatic carbocycles. The number of aromatic nitrogens is 2. The van der Waals surface area contributed by atoms with E-state index in [0.717, 1.165) is 16.0 Å². The average Bonchev–Trinajstić information content (AvgIpc) is 3.16. The fraction of sp³-hybridized carbons (Fsp3) is 0.235. The van der Waals surface area contributed by atoms with Crippen LogP contribution in [0, 0.1) is 6.92 Å². The van der Waals surface area contributed by atoms with Gasteiger partial charge in [-0.05, 0) is 23.9 Å². The third kappa shape index (κ3) is 2.66.